The van der Waals surface area contributed by atoms with Crippen LogP contribution in [-0.4, -0.2) is 23.8 Å². The molecule has 1 unspecified atom stereocenters. The summed E-state index contributed by atoms with van der Waals surface area (Å²) in [5.74, 6) is 1.31. The molecule has 1 heterocycles. The summed E-state index contributed by atoms with van der Waals surface area (Å²) in [7, 11) is 0. The van der Waals surface area contributed by atoms with E-state index >= 15 is 0 Å². The lowest BCUT2D eigenvalue weighted by Crippen LogP contribution is -2.17. The van der Waals surface area contributed by atoms with E-state index in [2.05, 4.69) is 0 Å². The standard InChI is InChI=1S/C15H15N2O4S/c16-11-3-1-2-4-14(11)22-15(8-17(18)19)10-5-6-12-13(7-10)21-9-20-12/h1-7,15,18H,8-9,16H2/q-1. The number of anilines is 1. The Bertz CT molecular complexity index is 666. The summed E-state index contributed by atoms with van der Waals surface area (Å²) in [6, 6.07) is 12.9. The van der Waals surface area contributed by atoms with E-state index < -0.39 is 0 Å². The van der Waals surface area contributed by atoms with Crippen molar-refractivity contribution in [3.8, 4) is 11.5 Å². The number of benzene rings is 2. The molecule has 0 bridgehead atoms. The third kappa shape index (κ3) is 3.28. The van der Waals surface area contributed by atoms with E-state index in [4.69, 9.17) is 20.4 Å². The maximum Gasteiger partial charge on any atom is 0.231 e. The lowest BCUT2D eigenvalue weighted by molar-refractivity contribution is -0.0398. The number of nitrogens with zero attached hydrogens (tertiary/aromatic N) is 1. The van der Waals surface area contributed by atoms with Crippen LogP contribution in [-0.2, 0) is 0 Å². The highest BCUT2D eigenvalue weighted by molar-refractivity contribution is 7.99. The average Bonchev–Trinajstić information content (AvgIpc) is 2.95. The zero-order chi connectivity index (χ0) is 15.5. The summed E-state index contributed by atoms with van der Waals surface area (Å²) >= 11 is 1.42. The van der Waals surface area contributed by atoms with Gasteiger partial charge in [-0.25, -0.2) is 0 Å². The fourth-order valence-corrected chi connectivity index (χ4v) is 3.36. The van der Waals surface area contributed by atoms with Crippen LogP contribution in [0.1, 0.15) is 10.8 Å². The average molecular weight is 319 g/mol. The quantitative estimate of drug-likeness (QED) is 0.497. The summed E-state index contributed by atoms with van der Waals surface area (Å²) in [5, 5.41) is 19.9. The van der Waals surface area contributed by atoms with Crippen molar-refractivity contribution >= 4 is 17.4 Å². The summed E-state index contributed by atoms with van der Waals surface area (Å²) in [6.45, 7) is 0.106. The monoisotopic (exact) mass is 319 g/mol. The number of rotatable bonds is 5. The molecule has 116 valence electrons. The minimum atomic E-state index is -0.290. The predicted molar refractivity (Wildman–Crippen MR) is 83.9 cm³/mol. The molecule has 1 aliphatic rings. The van der Waals surface area contributed by atoms with E-state index in [-0.39, 0.29) is 23.8 Å². The molecular weight excluding hydrogens is 304 g/mol. The van der Waals surface area contributed by atoms with Crippen molar-refractivity contribution in [1.82, 2.24) is 5.23 Å². The Morgan fingerprint density at radius 3 is 2.77 bits per heavy atom. The van der Waals surface area contributed by atoms with Crippen molar-refractivity contribution in [3.63, 3.8) is 0 Å². The second-order valence-corrected chi connectivity index (χ2v) is 6.04. The van der Waals surface area contributed by atoms with Crippen LogP contribution in [0.2, 0.25) is 0 Å². The molecule has 1 aliphatic heterocycles. The van der Waals surface area contributed by atoms with E-state index in [1.807, 2.05) is 30.3 Å². The lowest BCUT2D eigenvalue weighted by atomic mass is 10.1. The molecule has 6 nitrogen and oxygen atoms in total. The van der Waals surface area contributed by atoms with Gasteiger partial charge in [0.25, 0.3) is 0 Å². The second-order valence-electron chi connectivity index (χ2n) is 4.79. The van der Waals surface area contributed by atoms with Gasteiger partial charge in [-0.1, -0.05) is 18.2 Å². The predicted octanol–water partition coefficient (Wildman–Crippen LogP) is 3.02. The molecule has 2 aromatic rings. The summed E-state index contributed by atoms with van der Waals surface area (Å²) in [4.78, 5) is 0.854. The van der Waals surface area contributed by atoms with Crippen molar-refractivity contribution in [1.29, 1.82) is 0 Å². The van der Waals surface area contributed by atoms with Gasteiger partial charge >= 0.3 is 0 Å². The number of fused-ring (bicyclic) bond motifs is 1. The van der Waals surface area contributed by atoms with Gasteiger partial charge in [-0.3, -0.25) is 5.23 Å². The third-order valence-electron chi connectivity index (χ3n) is 3.28. The fraction of sp³-hybridized carbons (Fsp3) is 0.200. The van der Waals surface area contributed by atoms with Crippen molar-refractivity contribution in [2.24, 2.45) is 0 Å². The Morgan fingerprint density at radius 2 is 2.00 bits per heavy atom. The molecule has 3 N–H and O–H groups in total. The Morgan fingerprint density at radius 1 is 1.23 bits per heavy atom. The van der Waals surface area contributed by atoms with Gasteiger partial charge in [0.15, 0.2) is 11.5 Å². The lowest BCUT2D eigenvalue weighted by Gasteiger charge is -2.26. The van der Waals surface area contributed by atoms with Crippen LogP contribution in [0.25, 0.3) is 0 Å². The first kappa shape index (κ1) is 15.0. The molecule has 0 aromatic heterocycles. The molecule has 0 spiro atoms. The van der Waals surface area contributed by atoms with Crippen LogP contribution in [0.4, 0.5) is 5.69 Å². The largest absolute Gasteiger partial charge is 0.762 e. The molecule has 0 saturated carbocycles. The van der Waals surface area contributed by atoms with Crippen LogP contribution in [0, 0.1) is 5.21 Å². The number of nitrogen functional groups attached to an aromatic ring is 1. The molecule has 3 rings (SSSR count). The molecule has 7 heteroatoms. The molecule has 1 atom stereocenters. The van der Waals surface area contributed by atoms with E-state index in [0.29, 0.717) is 17.2 Å². The fourth-order valence-electron chi connectivity index (χ4n) is 2.21. The highest BCUT2D eigenvalue weighted by Crippen LogP contribution is 2.42. The van der Waals surface area contributed by atoms with Crippen LogP contribution in [0.3, 0.4) is 0 Å². The van der Waals surface area contributed by atoms with Crippen molar-refractivity contribution in [2.75, 3.05) is 19.1 Å². The van der Waals surface area contributed by atoms with E-state index in [1.54, 1.807) is 12.1 Å². The van der Waals surface area contributed by atoms with Crippen LogP contribution in [0.15, 0.2) is 47.4 Å². The van der Waals surface area contributed by atoms with Gasteiger partial charge < -0.3 is 25.6 Å². The number of hydroxylamine groups is 2. The van der Waals surface area contributed by atoms with Crippen molar-refractivity contribution in [3.05, 3.63) is 53.2 Å². The first-order valence-electron chi connectivity index (χ1n) is 6.68. The normalized spacial score (nSPS) is 14.3. The topological polar surface area (TPSA) is 91.0 Å². The van der Waals surface area contributed by atoms with Gasteiger partial charge in [-0.2, -0.15) is 0 Å². The van der Waals surface area contributed by atoms with E-state index in [0.717, 1.165) is 10.5 Å². The minimum absolute atomic E-state index is 0.0681. The number of para-hydroxylation sites is 1. The second kappa shape index (κ2) is 6.45. The molecule has 2 aromatic carbocycles. The maximum absolute atomic E-state index is 11.1. The number of hydrogen-bond acceptors (Lipinski definition) is 7. The van der Waals surface area contributed by atoms with Crippen LogP contribution in [0.5, 0.6) is 11.5 Å². The van der Waals surface area contributed by atoms with Crippen LogP contribution < -0.4 is 15.2 Å². The summed E-state index contributed by atoms with van der Waals surface area (Å²) in [6.07, 6.45) is 0. The Hall–Kier alpha value is -1.93. The molecule has 22 heavy (non-hydrogen) atoms. The third-order valence-corrected chi connectivity index (χ3v) is 4.61. The summed E-state index contributed by atoms with van der Waals surface area (Å²) in [5.41, 5.74) is 7.44. The Labute approximate surface area is 132 Å². The zero-order valence-electron chi connectivity index (χ0n) is 11.6. The Balaban J connectivity index is 1.88. The molecule has 0 fully saturated rings. The smallest absolute Gasteiger partial charge is 0.231 e. The van der Waals surface area contributed by atoms with Crippen molar-refractivity contribution < 1.29 is 14.7 Å². The SMILES string of the molecule is Nc1ccccc1SC(CN([O-])O)c1ccc2c(c1)OCO2. The number of ether oxygens (including phenoxy) is 2. The Kier molecular flexibility index (Phi) is 4.39. The molecule has 0 radical (unpaired) electrons. The summed E-state index contributed by atoms with van der Waals surface area (Å²) < 4.78 is 10.6. The molecule has 0 aliphatic carbocycles. The minimum Gasteiger partial charge on any atom is -0.762 e. The van der Waals surface area contributed by atoms with Gasteiger partial charge in [0, 0.05) is 22.4 Å². The van der Waals surface area contributed by atoms with Gasteiger partial charge in [0.2, 0.25) is 6.79 Å². The molecule has 0 saturated heterocycles. The first-order valence-corrected chi connectivity index (χ1v) is 7.55. The number of nitrogens with two attached hydrogens (primary N) is 1. The maximum atomic E-state index is 11.1. The molecular formula is C15H15N2O4S-. The van der Waals surface area contributed by atoms with Gasteiger partial charge in [0.1, 0.15) is 0 Å². The van der Waals surface area contributed by atoms with Gasteiger partial charge in [-0.05, 0) is 29.8 Å². The van der Waals surface area contributed by atoms with E-state index in [1.165, 1.54) is 11.8 Å². The highest BCUT2D eigenvalue weighted by Gasteiger charge is 2.20. The highest BCUT2D eigenvalue weighted by atomic mass is 32.2. The van der Waals surface area contributed by atoms with Crippen molar-refractivity contribution in [2.45, 2.75) is 10.1 Å². The number of hydrogen-bond donors (Lipinski definition) is 2. The van der Waals surface area contributed by atoms with Gasteiger partial charge in [0.05, 0.1) is 0 Å². The first-order chi connectivity index (χ1) is 10.6. The molecule has 0 amide bonds. The van der Waals surface area contributed by atoms with Gasteiger partial charge in [-0.15, -0.1) is 11.8 Å². The zero-order valence-corrected chi connectivity index (χ0v) is 12.5. The number of thioether (sulfide) groups is 1. The van der Waals surface area contributed by atoms with Crippen LogP contribution >= 0.6 is 11.8 Å². The van der Waals surface area contributed by atoms with E-state index in [9.17, 15) is 5.21 Å².